The smallest absolute Gasteiger partial charge is 0.306 e. The number of unbranched alkanes of at least 4 members (excludes halogenated alkanes) is 5. The van der Waals surface area contributed by atoms with Crippen molar-refractivity contribution in [2.45, 2.75) is 89.4 Å². The summed E-state index contributed by atoms with van der Waals surface area (Å²) >= 11 is 0. The highest BCUT2D eigenvalue weighted by Gasteiger charge is 2.29. The molecule has 0 aliphatic carbocycles. The number of hydrogen-bond acceptors (Lipinski definition) is 6. The lowest BCUT2D eigenvalue weighted by Crippen LogP contribution is -2.44. The Morgan fingerprint density at radius 1 is 0.793 bits per heavy atom. The Labute approximate surface area is 175 Å². The minimum atomic E-state index is -1.41. The fourth-order valence-corrected chi connectivity index (χ4v) is 2.72. The van der Waals surface area contributed by atoms with Gasteiger partial charge in [0.05, 0.1) is 13.2 Å². The predicted octanol–water partition coefficient (Wildman–Crippen LogP) is 3.19. The van der Waals surface area contributed by atoms with Crippen molar-refractivity contribution >= 4 is 5.97 Å². The van der Waals surface area contributed by atoms with Gasteiger partial charge in [0.1, 0.15) is 12.2 Å². The Balaban J connectivity index is 3.70. The maximum Gasteiger partial charge on any atom is 0.306 e. The molecular weight excluding hydrogens is 372 g/mol. The summed E-state index contributed by atoms with van der Waals surface area (Å²) in [6, 6.07) is 0. The van der Waals surface area contributed by atoms with Gasteiger partial charge in [-0.25, -0.2) is 0 Å². The normalized spacial score (nSPS) is 15.3. The molecule has 29 heavy (non-hydrogen) atoms. The van der Waals surface area contributed by atoms with Gasteiger partial charge < -0.3 is 25.2 Å². The summed E-state index contributed by atoms with van der Waals surface area (Å²) in [5, 5.41) is 37.0. The molecule has 1 unspecified atom stereocenters. The van der Waals surface area contributed by atoms with Crippen LogP contribution < -0.4 is 0 Å². The van der Waals surface area contributed by atoms with Crippen LogP contribution in [-0.2, 0) is 9.53 Å². The third-order valence-corrected chi connectivity index (χ3v) is 4.43. The number of aliphatic hydroxyl groups is 4. The number of esters is 1. The molecule has 0 saturated carbocycles. The fourth-order valence-electron chi connectivity index (χ4n) is 2.72. The molecule has 4 N–H and O–H groups in total. The molecule has 0 aliphatic rings. The van der Waals surface area contributed by atoms with Gasteiger partial charge in [0.2, 0.25) is 0 Å². The molecule has 0 radical (unpaired) electrons. The molecule has 3 atom stereocenters. The van der Waals surface area contributed by atoms with Crippen LogP contribution in [0.3, 0.4) is 0 Å². The molecular formula is C23H40O6. The van der Waals surface area contributed by atoms with Crippen molar-refractivity contribution in [3.8, 4) is 0 Å². The first-order valence-corrected chi connectivity index (χ1v) is 10.8. The molecule has 0 saturated heterocycles. The van der Waals surface area contributed by atoms with E-state index in [0.717, 1.165) is 51.4 Å². The van der Waals surface area contributed by atoms with E-state index < -0.39 is 37.5 Å². The molecule has 6 heteroatoms. The van der Waals surface area contributed by atoms with E-state index in [9.17, 15) is 15.0 Å². The number of carbonyl (C=O) groups is 1. The number of ether oxygens (including phenoxy) is 1. The zero-order valence-corrected chi connectivity index (χ0v) is 17.8. The second-order valence-electron chi connectivity index (χ2n) is 7.05. The third kappa shape index (κ3) is 16.1. The molecule has 0 aliphatic heterocycles. The van der Waals surface area contributed by atoms with E-state index in [2.05, 4.69) is 43.4 Å². The van der Waals surface area contributed by atoms with Crippen molar-refractivity contribution in [2.75, 3.05) is 13.2 Å². The number of hydrogen-bond donors (Lipinski definition) is 4. The Bertz CT molecular complexity index is 462. The lowest BCUT2D eigenvalue weighted by atomic mass is 10.1. The van der Waals surface area contributed by atoms with Crippen LogP contribution >= 0.6 is 0 Å². The van der Waals surface area contributed by atoms with Gasteiger partial charge in [-0.2, -0.15) is 0 Å². The summed E-state index contributed by atoms with van der Waals surface area (Å²) in [7, 11) is 0. The molecule has 0 fully saturated rings. The zero-order chi connectivity index (χ0) is 21.7. The van der Waals surface area contributed by atoms with Crippen LogP contribution in [-0.4, -0.2) is 57.9 Å². The van der Waals surface area contributed by atoms with Gasteiger partial charge >= 0.3 is 5.97 Å². The van der Waals surface area contributed by atoms with Crippen LogP contribution in [0.4, 0.5) is 0 Å². The molecule has 0 aromatic rings. The highest BCUT2D eigenvalue weighted by Crippen LogP contribution is 2.11. The second kappa shape index (κ2) is 19.8. The summed E-state index contributed by atoms with van der Waals surface area (Å²) in [5.74, 6) is -0.545. The first-order valence-electron chi connectivity index (χ1n) is 10.8. The Hall–Kier alpha value is -1.47. The van der Waals surface area contributed by atoms with Crippen LogP contribution in [0.2, 0.25) is 0 Å². The minimum absolute atomic E-state index is 0.187. The number of allylic oxidation sites excluding steroid dienone is 6. The van der Waals surface area contributed by atoms with Gasteiger partial charge in [-0.05, 0) is 38.5 Å². The van der Waals surface area contributed by atoms with Crippen molar-refractivity contribution in [3.05, 3.63) is 36.5 Å². The monoisotopic (exact) mass is 412 g/mol. The summed E-state index contributed by atoms with van der Waals surface area (Å²) in [4.78, 5) is 11.8. The van der Waals surface area contributed by atoms with Gasteiger partial charge in [-0.1, -0.05) is 62.6 Å². The van der Waals surface area contributed by atoms with Gasteiger partial charge in [-0.15, -0.1) is 0 Å². The average molecular weight is 413 g/mol. The standard InChI is InChI=1S/C23H40O6/c1-2-3-4-5-6-7-8-9-10-11-12-13-14-15-16-17-22(28)29-23(20(26)18-24)21(27)19-25/h3-4,6-7,9-10,20-21,23-27H,2,5,8,11-19H2,1H3/b4-3-,7-6-,10-9-/t20-,21+,23?. The van der Waals surface area contributed by atoms with Crippen LogP contribution in [0, 0.1) is 0 Å². The molecule has 0 amide bonds. The summed E-state index contributed by atoms with van der Waals surface area (Å²) in [6.45, 7) is 0.817. The number of rotatable bonds is 18. The predicted molar refractivity (Wildman–Crippen MR) is 115 cm³/mol. The maximum atomic E-state index is 11.8. The van der Waals surface area contributed by atoms with E-state index in [4.69, 9.17) is 14.9 Å². The van der Waals surface area contributed by atoms with E-state index in [1.165, 1.54) is 0 Å². The van der Waals surface area contributed by atoms with E-state index in [1.54, 1.807) is 0 Å². The van der Waals surface area contributed by atoms with E-state index in [-0.39, 0.29) is 6.42 Å². The third-order valence-electron chi connectivity index (χ3n) is 4.43. The van der Waals surface area contributed by atoms with Gasteiger partial charge in [-0.3, -0.25) is 4.79 Å². The quantitative estimate of drug-likeness (QED) is 0.156. The van der Waals surface area contributed by atoms with E-state index in [0.29, 0.717) is 6.42 Å². The Kier molecular flexibility index (Phi) is 18.8. The zero-order valence-electron chi connectivity index (χ0n) is 17.8. The van der Waals surface area contributed by atoms with Crippen LogP contribution in [0.5, 0.6) is 0 Å². The van der Waals surface area contributed by atoms with Crippen LogP contribution in [0.25, 0.3) is 0 Å². The molecule has 0 aromatic carbocycles. The average Bonchev–Trinajstić information content (AvgIpc) is 2.73. The molecule has 0 aromatic heterocycles. The molecule has 0 spiro atoms. The van der Waals surface area contributed by atoms with Crippen molar-refractivity contribution in [3.63, 3.8) is 0 Å². The summed E-state index contributed by atoms with van der Waals surface area (Å²) in [6.07, 6.45) is 18.1. The van der Waals surface area contributed by atoms with E-state index >= 15 is 0 Å². The SMILES string of the molecule is CC/C=C\C/C=C\C/C=C\CCCCCCCC(=O)OC([C@H](O)CO)[C@@H](O)CO. The Morgan fingerprint density at radius 2 is 1.31 bits per heavy atom. The first kappa shape index (κ1) is 27.5. The van der Waals surface area contributed by atoms with E-state index in [1.807, 2.05) is 0 Å². The minimum Gasteiger partial charge on any atom is -0.457 e. The molecule has 0 rings (SSSR count). The molecule has 0 bridgehead atoms. The van der Waals surface area contributed by atoms with Gasteiger partial charge in [0, 0.05) is 6.42 Å². The fraction of sp³-hybridized carbons (Fsp3) is 0.696. The highest BCUT2D eigenvalue weighted by atomic mass is 16.6. The number of aliphatic hydroxyl groups excluding tert-OH is 4. The Morgan fingerprint density at radius 3 is 1.90 bits per heavy atom. The number of carbonyl (C=O) groups excluding carboxylic acids is 1. The lowest BCUT2D eigenvalue weighted by Gasteiger charge is -2.25. The highest BCUT2D eigenvalue weighted by molar-refractivity contribution is 5.69. The first-order chi connectivity index (χ1) is 14.1. The summed E-state index contributed by atoms with van der Waals surface area (Å²) in [5.41, 5.74) is 0. The van der Waals surface area contributed by atoms with Crippen molar-refractivity contribution in [1.29, 1.82) is 0 Å². The second-order valence-corrected chi connectivity index (χ2v) is 7.05. The maximum absolute atomic E-state index is 11.8. The van der Waals surface area contributed by atoms with Crippen LogP contribution in [0.15, 0.2) is 36.5 Å². The van der Waals surface area contributed by atoms with Gasteiger partial charge in [0.15, 0.2) is 6.10 Å². The van der Waals surface area contributed by atoms with Crippen molar-refractivity contribution in [1.82, 2.24) is 0 Å². The largest absolute Gasteiger partial charge is 0.457 e. The molecule has 168 valence electrons. The van der Waals surface area contributed by atoms with Gasteiger partial charge in [0.25, 0.3) is 0 Å². The topological polar surface area (TPSA) is 107 Å². The van der Waals surface area contributed by atoms with Crippen molar-refractivity contribution < 1.29 is 30.0 Å². The molecule has 0 heterocycles. The lowest BCUT2D eigenvalue weighted by molar-refractivity contribution is -0.169. The molecule has 6 nitrogen and oxygen atoms in total. The summed E-state index contributed by atoms with van der Waals surface area (Å²) < 4.78 is 5.00. The van der Waals surface area contributed by atoms with Crippen LogP contribution in [0.1, 0.15) is 71.1 Å². The van der Waals surface area contributed by atoms with Crippen molar-refractivity contribution in [2.24, 2.45) is 0 Å².